The number of aromatic nitrogens is 4. The first-order valence-corrected chi connectivity index (χ1v) is 5.85. The van der Waals surface area contributed by atoms with Gasteiger partial charge in [0.05, 0.1) is 0 Å². The molecule has 1 atom stereocenters. The van der Waals surface area contributed by atoms with Crippen molar-refractivity contribution in [2.24, 2.45) is 13.0 Å². The van der Waals surface area contributed by atoms with Crippen LogP contribution in [-0.4, -0.2) is 31.7 Å². The van der Waals surface area contributed by atoms with E-state index in [1.54, 1.807) is 16.4 Å². The van der Waals surface area contributed by atoms with E-state index >= 15 is 0 Å². The number of tetrazole rings is 1. The van der Waals surface area contributed by atoms with Crippen molar-refractivity contribution >= 4 is 24.4 Å². The summed E-state index contributed by atoms with van der Waals surface area (Å²) in [6.07, 6.45) is 1.15. The maximum atomic E-state index is 4.28. The summed E-state index contributed by atoms with van der Waals surface area (Å²) in [5, 5.41) is 12.1. The zero-order chi connectivity index (χ0) is 9.68. The fraction of sp³-hybridized carbons (Fsp3) is 0.857. The molecule has 0 bridgehead atoms. The molecule has 1 heterocycles. The summed E-state index contributed by atoms with van der Waals surface area (Å²) in [6, 6.07) is 0. The first-order valence-electron chi connectivity index (χ1n) is 4.24. The van der Waals surface area contributed by atoms with Gasteiger partial charge in [-0.3, -0.25) is 0 Å². The Labute approximate surface area is 87.9 Å². The Kier molecular flexibility index (Phi) is 4.58. The molecular formula is C7H14N4S2. The Morgan fingerprint density at radius 3 is 2.85 bits per heavy atom. The molecule has 0 aliphatic carbocycles. The third-order valence-corrected chi connectivity index (χ3v) is 3.62. The van der Waals surface area contributed by atoms with Gasteiger partial charge in [0.15, 0.2) is 0 Å². The van der Waals surface area contributed by atoms with E-state index in [1.807, 2.05) is 7.05 Å². The van der Waals surface area contributed by atoms with Gasteiger partial charge in [-0.1, -0.05) is 25.1 Å². The van der Waals surface area contributed by atoms with Crippen LogP contribution < -0.4 is 0 Å². The maximum absolute atomic E-state index is 4.28. The number of thioether (sulfide) groups is 1. The Hall–Kier alpha value is -0.230. The Morgan fingerprint density at radius 1 is 1.62 bits per heavy atom. The summed E-state index contributed by atoms with van der Waals surface area (Å²) in [5.41, 5.74) is 0. The molecule has 1 aromatic rings. The Morgan fingerprint density at radius 2 is 2.38 bits per heavy atom. The number of nitrogens with zero attached hydrogens (tertiary/aromatic N) is 4. The first-order chi connectivity index (χ1) is 6.27. The van der Waals surface area contributed by atoms with Gasteiger partial charge < -0.3 is 0 Å². The maximum Gasteiger partial charge on any atom is 0.209 e. The average Bonchev–Trinajstić information content (AvgIpc) is 2.54. The number of hydrogen-bond acceptors (Lipinski definition) is 5. The van der Waals surface area contributed by atoms with Gasteiger partial charge in [-0.15, -0.1) is 5.10 Å². The van der Waals surface area contributed by atoms with Crippen LogP contribution in [0.1, 0.15) is 13.3 Å². The highest BCUT2D eigenvalue weighted by atomic mass is 32.2. The quantitative estimate of drug-likeness (QED) is 0.597. The summed E-state index contributed by atoms with van der Waals surface area (Å²) in [6.45, 7) is 2.18. The topological polar surface area (TPSA) is 43.6 Å². The minimum Gasteiger partial charge on any atom is -0.224 e. The van der Waals surface area contributed by atoms with E-state index in [0.717, 1.165) is 23.1 Å². The lowest BCUT2D eigenvalue weighted by Gasteiger charge is -2.09. The summed E-state index contributed by atoms with van der Waals surface area (Å²) in [7, 11) is 1.85. The molecule has 1 aromatic heterocycles. The Balaban J connectivity index is 2.38. The summed E-state index contributed by atoms with van der Waals surface area (Å²) >= 11 is 5.97. The summed E-state index contributed by atoms with van der Waals surface area (Å²) in [4.78, 5) is 0. The van der Waals surface area contributed by atoms with Gasteiger partial charge in [-0.2, -0.15) is 12.6 Å². The molecule has 4 nitrogen and oxygen atoms in total. The van der Waals surface area contributed by atoms with Crippen molar-refractivity contribution in [3.8, 4) is 0 Å². The van der Waals surface area contributed by atoms with Crippen molar-refractivity contribution in [3.63, 3.8) is 0 Å². The zero-order valence-electron chi connectivity index (χ0n) is 7.84. The normalized spacial score (nSPS) is 13.2. The number of hydrogen-bond donors (Lipinski definition) is 1. The molecule has 0 amide bonds. The van der Waals surface area contributed by atoms with Crippen LogP contribution in [0.15, 0.2) is 5.16 Å². The number of aryl methyl sites for hydroxylation is 1. The van der Waals surface area contributed by atoms with E-state index in [0.29, 0.717) is 5.92 Å². The highest BCUT2D eigenvalue weighted by molar-refractivity contribution is 7.99. The molecule has 0 aromatic carbocycles. The van der Waals surface area contributed by atoms with Crippen molar-refractivity contribution in [2.45, 2.75) is 18.5 Å². The van der Waals surface area contributed by atoms with Crippen LogP contribution in [0.4, 0.5) is 0 Å². The standard InChI is InChI=1S/C7H14N4S2/c1-3-6(4-12)5-13-7-8-9-10-11(7)2/h6,12H,3-5H2,1-2H3. The van der Waals surface area contributed by atoms with Gasteiger partial charge in [-0.05, 0) is 22.1 Å². The van der Waals surface area contributed by atoms with Crippen LogP contribution in [0.5, 0.6) is 0 Å². The third-order valence-electron chi connectivity index (χ3n) is 1.86. The third kappa shape index (κ3) is 3.19. The molecule has 0 saturated heterocycles. The lowest BCUT2D eigenvalue weighted by molar-refractivity contribution is 0.640. The van der Waals surface area contributed by atoms with E-state index < -0.39 is 0 Å². The highest BCUT2D eigenvalue weighted by Gasteiger charge is 2.08. The van der Waals surface area contributed by atoms with Gasteiger partial charge in [0, 0.05) is 12.8 Å². The van der Waals surface area contributed by atoms with Crippen LogP contribution in [-0.2, 0) is 7.05 Å². The smallest absolute Gasteiger partial charge is 0.209 e. The fourth-order valence-corrected chi connectivity index (χ4v) is 2.45. The lowest BCUT2D eigenvalue weighted by Crippen LogP contribution is -2.05. The van der Waals surface area contributed by atoms with Crippen molar-refractivity contribution in [3.05, 3.63) is 0 Å². The van der Waals surface area contributed by atoms with E-state index in [-0.39, 0.29) is 0 Å². The number of rotatable bonds is 5. The molecule has 1 unspecified atom stereocenters. The van der Waals surface area contributed by atoms with Gasteiger partial charge in [0.2, 0.25) is 5.16 Å². The zero-order valence-corrected chi connectivity index (χ0v) is 9.55. The van der Waals surface area contributed by atoms with Crippen molar-refractivity contribution in [1.82, 2.24) is 20.2 Å². The van der Waals surface area contributed by atoms with Crippen molar-refractivity contribution in [1.29, 1.82) is 0 Å². The SMILES string of the molecule is CCC(CS)CSc1nnnn1C. The molecule has 74 valence electrons. The minimum atomic E-state index is 0.644. The monoisotopic (exact) mass is 218 g/mol. The molecule has 0 saturated carbocycles. The van der Waals surface area contributed by atoms with Crippen LogP contribution in [0.2, 0.25) is 0 Å². The van der Waals surface area contributed by atoms with Gasteiger partial charge in [-0.25, -0.2) is 4.68 Å². The molecule has 0 aliphatic heterocycles. The average molecular weight is 218 g/mol. The predicted molar refractivity (Wildman–Crippen MR) is 57.2 cm³/mol. The second kappa shape index (κ2) is 5.49. The largest absolute Gasteiger partial charge is 0.224 e. The van der Waals surface area contributed by atoms with E-state index in [9.17, 15) is 0 Å². The van der Waals surface area contributed by atoms with E-state index in [1.165, 1.54) is 0 Å². The van der Waals surface area contributed by atoms with Crippen LogP contribution in [0.3, 0.4) is 0 Å². The van der Waals surface area contributed by atoms with Crippen molar-refractivity contribution in [2.75, 3.05) is 11.5 Å². The molecule has 6 heteroatoms. The highest BCUT2D eigenvalue weighted by Crippen LogP contribution is 2.19. The van der Waals surface area contributed by atoms with E-state index in [2.05, 4.69) is 35.1 Å². The van der Waals surface area contributed by atoms with Crippen LogP contribution >= 0.6 is 24.4 Å². The van der Waals surface area contributed by atoms with Gasteiger partial charge in [0.1, 0.15) is 0 Å². The molecule has 1 rings (SSSR count). The summed E-state index contributed by atoms with van der Waals surface area (Å²) in [5.74, 6) is 2.60. The molecule has 0 N–H and O–H groups in total. The lowest BCUT2D eigenvalue weighted by atomic mass is 10.2. The van der Waals surface area contributed by atoms with Crippen molar-refractivity contribution < 1.29 is 0 Å². The second-order valence-electron chi connectivity index (χ2n) is 2.85. The first kappa shape index (κ1) is 10.8. The van der Waals surface area contributed by atoms with Gasteiger partial charge >= 0.3 is 0 Å². The van der Waals surface area contributed by atoms with Crippen LogP contribution in [0.25, 0.3) is 0 Å². The second-order valence-corrected chi connectivity index (χ2v) is 4.21. The van der Waals surface area contributed by atoms with Gasteiger partial charge in [0.25, 0.3) is 0 Å². The van der Waals surface area contributed by atoms with Crippen LogP contribution in [0, 0.1) is 5.92 Å². The molecule has 0 radical (unpaired) electrons. The molecular weight excluding hydrogens is 204 g/mol. The fourth-order valence-electron chi connectivity index (χ4n) is 0.836. The predicted octanol–water partition coefficient (Wildman–Crippen LogP) is 1.26. The number of thiol groups is 1. The molecule has 0 spiro atoms. The molecule has 0 aliphatic rings. The summed E-state index contributed by atoms with van der Waals surface area (Å²) < 4.78 is 1.69. The van der Waals surface area contributed by atoms with E-state index in [4.69, 9.17) is 0 Å². The molecule has 13 heavy (non-hydrogen) atoms. The molecule has 0 fully saturated rings. The Bertz CT molecular complexity index is 246. The minimum absolute atomic E-state index is 0.644.